The van der Waals surface area contributed by atoms with E-state index in [2.05, 4.69) is 9.97 Å². The van der Waals surface area contributed by atoms with Crippen molar-refractivity contribution in [2.45, 2.75) is 6.42 Å². The smallest absolute Gasteiger partial charge is 0.230 e. The zero-order valence-corrected chi connectivity index (χ0v) is 6.93. The molecule has 0 bridgehead atoms. The normalized spacial score (nSPS) is 14.9. The van der Waals surface area contributed by atoms with Crippen molar-refractivity contribution in [3.05, 3.63) is 36.1 Å². The Balaban J connectivity index is 2.23. The highest BCUT2D eigenvalue weighted by molar-refractivity contribution is 6.07. The van der Waals surface area contributed by atoms with Gasteiger partial charge in [0.2, 0.25) is 5.78 Å². The summed E-state index contributed by atoms with van der Waals surface area (Å²) in [6.07, 6.45) is 6.94. The molecule has 0 saturated carbocycles. The molecule has 0 N–H and O–H groups in total. The lowest BCUT2D eigenvalue weighted by molar-refractivity contribution is 0.0941. The van der Waals surface area contributed by atoms with Crippen LogP contribution in [0, 0.1) is 0 Å². The van der Waals surface area contributed by atoms with E-state index in [1.54, 1.807) is 6.08 Å². The summed E-state index contributed by atoms with van der Waals surface area (Å²) in [4.78, 5) is 19.1. The topological polar surface area (TPSA) is 52.1 Å². The predicted octanol–water partition coefficient (Wildman–Crippen LogP) is 0.964. The van der Waals surface area contributed by atoms with Crippen molar-refractivity contribution in [2.75, 3.05) is 6.61 Å². The second-order valence-corrected chi connectivity index (χ2v) is 2.66. The van der Waals surface area contributed by atoms with Gasteiger partial charge in [-0.2, -0.15) is 0 Å². The molecule has 0 fully saturated rings. The van der Waals surface area contributed by atoms with Gasteiger partial charge in [-0.25, -0.2) is 9.97 Å². The lowest BCUT2D eigenvalue weighted by Crippen LogP contribution is -2.04. The van der Waals surface area contributed by atoms with E-state index < -0.39 is 0 Å². The Morgan fingerprint density at radius 1 is 1.38 bits per heavy atom. The number of nitrogens with zero attached hydrogens (tertiary/aromatic N) is 2. The zero-order chi connectivity index (χ0) is 9.10. The number of aromatic nitrogens is 2. The van der Waals surface area contributed by atoms with Gasteiger partial charge in [0.05, 0.1) is 12.2 Å². The molecule has 2 heterocycles. The second-order valence-electron chi connectivity index (χ2n) is 2.66. The molecule has 1 aromatic heterocycles. The maximum Gasteiger partial charge on any atom is 0.230 e. The first-order valence-electron chi connectivity index (χ1n) is 4.00. The molecule has 0 spiro atoms. The minimum absolute atomic E-state index is 0.141. The molecule has 0 radical (unpaired) electrons. The van der Waals surface area contributed by atoms with Crippen LogP contribution in [0.15, 0.2) is 30.6 Å². The predicted molar refractivity (Wildman–Crippen MR) is 45.0 cm³/mol. The van der Waals surface area contributed by atoms with Gasteiger partial charge >= 0.3 is 0 Å². The number of allylic oxidation sites excluding steroid dienone is 1. The summed E-state index contributed by atoms with van der Waals surface area (Å²) in [6, 6.07) is 0. The lowest BCUT2D eigenvalue weighted by atomic mass is 10.2. The highest BCUT2D eigenvalue weighted by atomic mass is 16.5. The molecule has 1 aliphatic rings. The molecule has 1 aromatic rings. The molecule has 13 heavy (non-hydrogen) atoms. The molecule has 0 unspecified atom stereocenters. The number of carbonyl (C=O) groups excluding carboxylic acids is 1. The zero-order valence-electron chi connectivity index (χ0n) is 6.93. The summed E-state index contributed by atoms with van der Waals surface area (Å²) in [5, 5.41) is 0. The molecule has 1 aliphatic heterocycles. The number of hydrogen-bond acceptors (Lipinski definition) is 4. The van der Waals surface area contributed by atoms with Gasteiger partial charge in [0.1, 0.15) is 6.33 Å². The van der Waals surface area contributed by atoms with Crippen molar-refractivity contribution in [2.24, 2.45) is 0 Å². The molecular weight excluding hydrogens is 168 g/mol. The first-order chi connectivity index (χ1) is 6.38. The van der Waals surface area contributed by atoms with Crippen LogP contribution in [0.25, 0.3) is 0 Å². The number of Topliss-reactive ketones (excluding diaryl/α,β-unsaturated/α-hetero) is 1. The van der Waals surface area contributed by atoms with Crippen LogP contribution in [0.1, 0.15) is 16.8 Å². The largest absolute Gasteiger partial charge is 0.489 e. The quantitative estimate of drug-likeness (QED) is 0.630. The Morgan fingerprint density at radius 2 is 2.15 bits per heavy atom. The maximum absolute atomic E-state index is 11.6. The van der Waals surface area contributed by atoms with E-state index in [4.69, 9.17) is 4.74 Å². The standard InChI is InChI=1S/C9H8N2O2/c12-9(8-2-1-3-13-8)7-4-10-6-11-5-7/h2,4-6H,1,3H2. The van der Waals surface area contributed by atoms with Crippen molar-refractivity contribution in [3.63, 3.8) is 0 Å². The summed E-state index contributed by atoms with van der Waals surface area (Å²) in [7, 11) is 0. The minimum Gasteiger partial charge on any atom is -0.489 e. The van der Waals surface area contributed by atoms with E-state index in [-0.39, 0.29) is 5.78 Å². The van der Waals surface area contributed by atoms with Gasteiger partial charge in [0.25, 0.3) is 0 Å². The molecule has 0 saturated heterocycles. The van der Waals surface area contributed by atoms with Crippen molar-refractivity contribution < 1.29 is 9.53 Å². The van der Waals surface area contributed by atoms with Crippen molar-refractivity contribution in [1.29, 1.82) is 0 Å². The van der Waals surface area contributed by atoms with Crippen LogP contribution in [0.5, 0.6) is 0 Å². The second kappa shape index (κ2) is 3.35. The third kappa shape index (κ3) is 1.56. The molecule has 0 aromatic carbocycles. The van der Waals surface area contributed by atoms with Gasteiger partial charge in [-0.05, 0) is 6.08 Å². The Kier molecular flexibility index (Phi) is 2.04. The van der Waals surface area contributed by atoms with Crippen LogP contribution < -0.4 is 0 Å². The van der Waals surface area contributed by atoms with Gasteiger partial charge in [0.15, 0.2) is 5.76 Å². The maximum atomic E-state index is 11.6. The lowest BCUT2D eigenvalue weighted by Gasteiger charge is -2.00. The van der Waals surface area contributed by atoms with E-state index in [1.165, 1.54) is 18.7 Å². The van der Waals surface area contributed by atoms with Gasteiger partial charge in [-0.15, -0.1) is 0 Å². The average molecular weight is 176 g/mol. The van der Waals surface area contributed by atoms with Crippen molar-refractivity contribution in [1.82, 2.24) is 9.97 Å². The van der Waals surface area contributed by atoms with E-state index in [0.717, 1.165) is 6.42 Å². The van der Waals surface area contributed by atoms with Gasteiger partial charge in [-0.3, -0.25) is 4.79 Å². The Hall–Kier alpha value is -1.71. The Labute approximate surface area is 75.3 Å². The van der Waals surface area contributed by atoms with Gasteiger partial charge in [-0.1, -0.05) is 0 Å². The highest BCUT2D eigenvalue weighted by Crippen LogP contribution is 2.14. The fourth-order valence-electron chi connectivity index (χ4n) is 1.13. The Morgan fingerprint density at radius 3 is 2.77 bits per heavy atom. The van der Waals surface area contributed by atoms with Gasteiger partial charge < -0.3 is 4.74 Å². The van der Waals surface area contributed by atoms with Crippen molar-refractivity contribution in [3.8, 4) is 0 Å². The van der Waals surface area contributed by atoms with E-state index in [9.17, 15) is 4.79 Å². The van der Waals surface area contributed by atoms with E-state index in [1.807, 2.05) is 0 Å². The molecule has 2 rings (SSSR count). The average Bonchev–Trinajstić information content (AvgIpc) is 2.71. The fraction of sp³-hybridized carbons (Fsp3) is 0.222. The van der Waals surface area contributed by atoms with Crippen molar-refractivity contribution >= 4 is 5.78 Å². The van der Waals surface area contributed by atoms with E-state index >= 15 is 0 Å². The van der Waals surface area contributed by atoms with Crippen LogP contribution in [0.3, 0.4) is 0 Å². The summed E-state index contributed by atoms with van der Waals surface area (Å²) >= 11 is 0. The first kappa shape index (κ1) is 7.91. The molecule has 0 amide bonds. The Bertz CT molecular complexity index is 346. The summed E-state index contributed by atoms with van der Waals surface area (Å²) < 4.78 is 5.13. The van der Waals surface area contributed by atoms with Crippen LogP contribution in [-0.4, -0.2) is 22.4 Å². The number of hydrogen-bond donors (Lipinski definition) is 0. The first-order valence-corrected chi connectivity index (χ1v) is 4.00. The molecule has 4 nitrogen and oxygen atoms in total. The molecule has 0 atom stereocenters. The molecule has 4 heteroatoms. The number of ether oxygens (including phenoxy) is 1. The number of rotatable bonds is 2. The summed E-state index contributed by atoms with van der Waals surface area (Å²) in [5.41, 5.74) is 0.468. The number of carbonyl (C=O) groups is 1. The monoisotopic (exact) mass is 176 g/mol. The molecular formula is C9H8N2O2. The molecule has 66 valence electrons. The summed E-state index contributed by atoms with van der Waals surface area (Å²) in [5.74, 6) is 0.271. The third-order valence-electron chi connectivity index (χ3n) is 1.75. The fourth-order valence-corrected chi connectivity index (χ4v) is 1.13. The number of ketones is 1. The van der Waals surface area contributed by atoms with Gasteiger partial charge in [0, 0.05) is 18.8 Å². The highest BCUT2D eigenvalue weighted by Gasteiger charge is 2.16. The molecule has 0 aliphatic carbocycles. The third-order valence-corrected chi connectivity index (χ3v) is 1.75. The SMILES string of the molecule is O=C(C1=CCCO1)c1cncnc1. The van der Waals surface area contributed by atoms with Crippen LogP contribution in [0.4, 0.5) is 0 Å². The summed E-state index contributed by atoms with van der Waals surface area (Å²) in [6.45, 7) is 0.592. The van der Waals surface area contributed by atoms with E-state index in [0.29, 0.717) is 17.9 Å². The van der Waals surface area contributed by atoms with Crippen LogP contribution in [-0.2, 0) is 4.74 Å². The van der Waals surface area contributed by atoms with Crippen LogP contribution >= 0.6 is 0 Å². The minimum atomic E-state index is -0.141. The van der Waals surface area contributed by atoms with Crippen LogP contribution in [0.2, 0.25) is 0 Å².